The molecule has 1 aromatic heterocycles. The smallest absolute Gasteiger partial charge is 0.115 e. The summed E-state index contributed by atoms with van der Waals surface area (Å²) in [6.07, 6.45) is 5.22. The fourth-order valence-corrected chi connectivity index (χ4v) is 3.81. The van der Waals surface area contributed by atoms with Crippen molar-refractivity contribution in [2.45, 2.75) is 33.1 Å². The van der Waals surface area contributed by atoms with Crippen molar-refractivity contribution < 1.29 is 5.11 Å². The molecule has 148 valence electrons. The Morgan fingerprint density at radius 3 is 2.50 bits per heavy atom. The van der Waals surface area contributed by atoms with Crippen LogP contribution < -0.4 is 5.32 Å². The molecule has 1 aliphatic heterocycles. The average molecular weight is 378 g/mol. The zero-order valence-electron chi connectivity index (χ0n) is 15.7. The molecule has 3 aromatic rings. The summed E-state index contributed by atoms with van der Waals surface area (Å²) in [4.78, 5) is 7.39. The number of phenolic OH excluding ortho intramolecular Hbond substituents is 1. The molecule has 1 aliphatic rings. The number of nitrogens with zero attached hydrogens (tertiary/aromatic N) is 2. The second-order valence-electron chi connectivity index (χ2n) is 7.30. The van der Waals surface area contributed by atoms with E-state index in [1.165, 1.54) is 38.9 Å². The topological polar surface area (TPSA) is 48.4 Å². The minimum absolute atomic E-state index is 0. The van der Waals surface area contributed by atoms with Gasteiger partial charge in [-0.05, 0) is 75.3 Å². The van der Waals surface area contributed by atoms with Gasteiger partial charge in [0.1, 0.15) is 5.75 Å². The Kier molecular flexibility index (Phi) is 6.88. The number of benzene rings is 2. The largest absolute Gasteiger partial charge is 0.508 e. The lowest BCUT2D eigenvalue weighted by molar-refractivity contribution is 0.228. The summed E-state index contributed by atoms with van der Waals surface area (Å²) in [5.74, 6) is 0.274. The summed E-state index contributed by atoms with van der Waals surface area (Å²) in [7, 11) is 0. The fourth-order valence-electron chi connectivity index (χ4n) is 3.81. The normalized spacial score (nSPS) is 14.6. The number of para-hydroxylation sites is 1. The van der Waals surface area contributed by atoms with E-state index in [4.69, 9.17) is 4.98 Å². The van der Waals surface area contributed by atoms with E-state index >= 15 is 0 Å². The summed E-state index contributed by atoms with van der Waals surface area (Å²) < 4.78 is 0. The monoisotopic (exact) mass is 377 g/mol. The molecule has 0 radical (unpaired) electrons. The van der Waals surface area contributed by atoms with Crippen molar-refractivity contribution in [2.75, 3.05) is 31.5 Å². The molecule has 4 heteroatoms. The number of hydrogen-bond acceptors (Lipinski definition) is 4. The second kappa shape index (κ2) is 9.56. The number of phenols is 1. The molecule has 1 fully saturated rings. The van der Waals surface area contributed by atoms with Gasteiger partial charge in [0, 0.05) is 23.2 Å². The minimum atomic E-state index is 0. The third-order valence-corrected chi connectivity index (χ3v) is 5.29. The van der Waals surface area contributed by atoms with Gasteiger partial charge >= 0.3 is 0 Å². The molecule has 28 heavy (non-hydrogen) atoms. The molecule has 0 aliphatic carbocycles. The molecular weight excluding hydrogens is 346 g/mol. The van der Waals surface area contributed by atoms with Crippen molar-refractivity contribution >= 4 is 16.6 Å². The first-order valence-electron chi connectivity index (χ1n) is 9.95. The predicted molar refractivity (Wildman–Crippen MR) is 119 cm³/mol. The Bertz CT molecular complexity index is 886. The van der Waals surface area contributed by atoms with Crippen LogP contribution in [0.2, 0.25) is 0 Å². The van der Waals surface area contributed by atoms with Crippen molar-refractivity contribution in [3.63, 3.8) is 0 Å². The molecule has 1 saturated heterocycles. The number of likely N-dealkylation sites (tertiary alicyclic amines) is 1. The van der Waals surface area contributed by atoms with Gasteiger partial charge in [0.15, 0.2) is 0 Å². The number of nitrogens with one attached hydrogen (secondary N) is 1. The number of hydrogen-bond donors (Lipinski definition) is 2. The Labute approximate surface area is 168 Å². The summed E-state index contributed by atoms with van der Waals surface area (Å²) in [6.45, 7) is 4.63. The molecule has 2 N–H and O–H groups in total. The molecule has 0 bridgehead atoms. The maximum atomic E-state index is 9.54. The molecule has 2 heterocycles. The lowest BCUT2D eigenvalue weighted by Crippen LogP contribution is -2.31. The van der Waals surface area contributed by atoms with Gasteiger partial charge < -0.3 is 15.3 Å². The maximum absolute atomic E-state index is 9.54. The SMILES string of the molecule is C.Oc1ccc(-c2cc(NCCCN3CCCCC3)c3ccccc3n2)cc1. The van der Waals surface area contributed by atoms with Gasteiger partial charge in [-0.15, -0.1) is 0 Å². The number of aromatic hydroxyl groups is 1. The summed E-state index contributed by atoms with van der Waals surface area (Å²) in [5, 5.41) is 14.3. The molecule has 4 rings (SSSR count). The molecule has 0 unspecified atom stereocenters. The van der Waals surface area contributed by atoms with E-state index in [9.17, 15) is 5.11 Å². The van der Waals surface area contributed by atoms with E-state index in [1.807, 2.05) is 18.2 Å². The number of anilines is 1. The average Bonchev–Trinajstić information content (AvgIpc) is 2.72. The van der Waals surface area contributed by atoms with Crippen molar-refractivity contribution in [3.8, 4) is 17.0 Å². The highest BCUT2D eigenvalue weighted by Gasteiger charge is 2.10. The quantitative estimate of drug-likeness (QED) is 0.554. The van der Waals surface area contributed by atoms with Gasteiger partial charge in [0.05, 0.1) is 11.2 Å². The first kappa shape index (κ1) is 20.2. The van der Waals surface area contributed by atoms with Gasteiger partial charge in [-0.25, -0.2) is 4.98 Å². The van der Waals surface area contributed by atoms with Crippen LogP contribution in [0.3, 0.4) is 0 Å². The van der Waals surface area contributed by atoms with Crippen LogP contribution in [-0.2, 0) is 0 Å². The van der Waals surface area contributed by atoms with Crippen LogP contribution in [0.1, 0.15) is 33.1 Å². The van der Waals surface area contributed by atoms with E-state index < -0.39 is 0 Å². The van der Waals surface area contributed by atoms with E-state index in [1.54, 1.807) is 12.1 Å². The van der Waals surface area contributed by atoms with E-state index in [0.29, 0.717) is 0 Å². The van der Waals surface area contributed by atoms with E-state index in [-0.39, 0.29) is 13.2 Å². The molecule has 0 amide bonds. The minimum Gasteiger partial charge on any atom is -0.508 e. The number of fused-ring (bicyclic) bond motifs is 1. The standard InChI is InChI=1S/C23H27N3O.CH4/c27-19-11-9-18(10-12-19)22-17-23(20-7-2-3-8-21(20)25-22)24-13-6-16-26-14-4-1-5-15-26;/h2-3,7-12,17,27H,1,4-6,13-16H2,(H,24,25);1H4. The highest BCUT2D eigenvalue weighted by Crippen LogP contribution is 2.29. The number of piperidine rings is 1. The third-order valence-electron chi connectivity index (χ3n) is 5.29. The van der Waals surface area contributed by atoms with Gasteiger partial charge in [-0.2, -0.15) is 0 Å². The summed E-state index contributed by atoms with van der Waals surface area (Å²) in [6, 6.07) is 17.6. The van der Waals surface area contributed by atoms with Crippen LogP contribution >= 0.6 is 0 Å². The number of rotatable bonds is 6. The molecular formula is C24H31N3O. The summed E-state index contributed by atoms with van der Waals surface area (Å²) in [5.41, 5.74) is 4.05. The fraction of sp³-hybridized carbons (Fsp3) is 0.375. The van der Waals surface area contributed by atoms with Crippen molar-refractivity contribution in [3.05, 3.63) is 54.6 Å². The lowest BCUT2D eigenvalue weighted by Gasteiger charge is -2.26. The Morgan fingerprint density at radius 2 is 1.71 bits per heavy atom. The molecule has 0 saturated carbocycles. The van der Waals surface area contributed by atoms with Crippen LogP contribution in [0, 0.1) is 0 Å². The predicted octanol–water partition coefficient (Wildman–Crippen LogP) is 5.53. The Morgan fingerprint density at radius 1 is 0.964 bits per heavy atom. The van der Waals surface area contributed by atoms with Crippen molar-refractivity contribution in [1.82, 2.24) is 9.88 Å². The zero-order chi connectivity index (χ0) is 18.5. The van der Waals surface area contributed by atoms with Gasteiger partial charge in [0.2, 0.25) is 0 Å². The van der Waals surface area contributed by atoms with Crippen molar-refractivity contribution in [1.29, 1.82) is 0 Å². The highest BCUT2D eigenvalue weighted by molar-refractivity contribution is 5.93. The van der Waals surface area contributed by atoms with Gasteiger partial charge in [-0.3, -0.25) is 0 Å². The van der Waals surface area contributed by atoms with E-state index in [0.717, 1.165) is 40.8 Å². The Balaban J connectivity index is 0.00000225. The van der Waals surface area contributed by atoms with E-state index in [2.05, 4.69) is 34.5 Å². The molecule has 4 nitrogen and oxygen atoms in total. The van der Waals surface area contributed by atoms with Crippen LogP contribution in [0.4, 0.5) is 5.69 Å². The molecule has 0 atom stereocenters. The number of aromatic nitrogens is 1. The first-order valence-corrected chi connectivity index (χ1v) is 9.95. The lowest BCUT2D eigenvalue weighted by atomic mass is 10.1. The second-order valence-corrected chi connectivity index (χ2v) is 7.30. The summed E-state index contributed by atoms with van der Waals surface area (Å²) >= 11 is 0. The van der Waals surface area contributed by atoms with Crippen LogP contribution in [0.15, 0.2) is 54.6 Å². The van der Waals surface area contributed by atoms with Gasteiger partial charge in [0.25, 0.3) is 0 Å². The van der Waals surface area contributed by atoms with Gasteiger partial charge in [-0.1, -0.05) is 32.0 Å². The molecule has 2 aromatic carbocycles. The first-order chi connectivity index (χ1) is 13.3. The van der Waals surface area contributed by atoms with Crippen molar-refractivity contribution in [2.24, 2.45) is 0 Å². The maximum Gasteiger partial charge on any atom is 0.115 e. The third kappa shape index (κ3) is 4.82. The van der Waals surface area contributed by atoms with Crippen LogP contribution in [-0.4, -0.2) is 41.2 Å². The molecule has 0 spiro atoms. The highest BCUT2D eigenvalue weighted by atomic mass is 16.3. The van der Waals surface area contributed by atoms with Crippen LogP contribution in [0.25, 0.3) is 22.2 Å². The zero-order valence-corrected chi connectivity index (χ0v) is 15.7. The Hall–Kier alpha value is -2.59. The number of pyridine rings is 1. The van der Waals surface area contributed by atoms with Crippen LogP contribution in [0.5, 0.6) is 5.75 Å².